The molecule has 3 aromatic rings. The van der Waals surface area contributed by atoms with Crippen molar-refractivity contribution in [2.24, 2.45) is 0 Å². The van der Waals surface area contributed by atoms with Gasteiger partial charge in [-0.15, -0.1) is 0 Å². The predicted molar refractivity (Wildman–Crippen MR) is 147 cm³/mol. The zero-order chi connectivity index (χ0) is 25.7. The number of rotatable bonds is 9. The fourth-order valence-corrected chi connectivity index (χ4v) is 5.09. The van der Waals surface area contributed by atoms with Crippen LogP contribution in [0.2, 0.25) is 5.02 Å². The lowest BCUT2D eigenvalue weighted by molar-refractivity contribution is 0.198. The zero-order valence-electron chi connectivity index (χ0n) is 21.7. The second kappa shape index (κ2) is 11.8. The van der Waals surface area contributed by atoms with Gasteiger partial charge in [0.1, 0.15) is 11.5 Å². The first kappa shape index (κ1) is 26.1. The summed E-state index contributed by atoms with van der Waals surface area (Å²) in [5, 5.41) is 0.637. The second-order valence-corrected chi connectivity index (χ2v) is 9.76. The van der Waals surface area contributed by atoms with E-state index in [1.54, 1.807) is 23.8 Å². The molecule has 0 N–H and O–H groups in total. The van der Waals surface area contributed by atoms with E-state index in [1.807, 2.05) is 24.4 Å². The minimum absolute atomic E-state index is 0.0246. The third kappa shape index (κ3) is 5.88. The summed E-state index contributed by atoms with van der Waals surface area (Å²) in [6, 6.07) is 15.8. The molecular formula is C29H36ClN3O3. The lowest BCUT2D eigenvalue weighted by atomic mass is 9.96. The van der Waals surface area contributed by atoms with E-state index in [2.05, 4.69) is 48.8 Å². The number of halogens is 1. The van der Waals surface area contributed by atoms with Crippen molar-refractivity contribution < 1.29 is 9.47 Å². The van der Waals surface area contributed by atoms with Crippen LogP contribution in [0.4, 0.5) is 5.69 Å². The quantitative estimate of drug-likeness (QED) is 0.357. The van der Waals surface area contributed by atoms with Gasteiger partial charge in [-0.05, 0) is 68.1 Å². The van der Waals surface area contributed by atoms with Crippen molar-refractivity contribution in [2.45, 2.75) is 39.8 Å². The van der Waals surface area contributed by atoms with Crippen LogP contribution in [-0.2, 0) is 6.54 Å². The molecule has 36 heavy (non-hydrogen) atoms. The zero-order valence-corrected chi connectivity index (χ0v) is 22.4. The van der Waals surface area contributed by atoms with Crippen LogP contribution in [0.1, 0.15) is 36.1 Å². The van der Waals surface area contributed by atoms with Gasteiger partial charge in [-0.25, -0.2) is 0 Å². The van der Waals surface area contributed by atoms with Gasteiger partial charge in [0.05, 0.1) is 18.7 Å². The molecule has 1 unspecified atom stereocenters. The molecule has 0 spiro atoms. The fourth-order valence-electron chi connectivity index (χ4n) is 4.90. The summed E-state index contributed by atoms with van der Waals surface area (Å²) in [7, 11) is 1.65. The molecular weight excluding hydrogens is 474 g/mol. The van der Waals surface area contributed by atoms with E-state index in [1.165, 1.54) is 16.7 Å². The summed E-state index contributed by atoms with van der Waals surface area (Å²) in [6.45, 7) is 11.7. The average molecular weight is 510 g/mol. The van der Waals surface area contributed by atoms with Crippen LogP contribution >= 0.6 is 11.6 Å². The number of ether oxygens (including phenoxy) is 2. The molecule has 192 valence electrons. The maximum atomic E-state index is 11.8. The van der Waals surface area contributed by atoms with Gasteiger partial charge in [-0.1, -0.05) is 23.7 Å². The van der Waals surface area contributed by atoms with Gasteiger partial charge in [0, 0.05) is 62.8 Å². The number of benzene rings is 2. The highest BCUT2D eigenvalue weighted by atomic mass is 35.5. The Balaban J connectivity index is 1.33. The Morgan fingerprint density at radius 2 is 1.75 bits per heavy atom. The van der Waals surface area contributed by atoms with Crippen LogP contribution in [0.5, 0.6) is 11.5 Å². The van der Waals surface area contributed by atoms with Gasteiger partial charge in [0.2, 0.25) is 5.56 Å². The Labute approximate surface area is 219 Å². The van der Waals surface area contributed by atoms with Gasteiger partial charge in [0.15, 0.2) is 0 Å². The second-order valence-electron chi connectivity index (χ2n) is 9.36. The van der Waals surface area contributed by atoms with Crippen molar-refractivity contribution in [2.75, 3.05) is 44.8 Å². The topological polar surface area (TPSA) is 46.9 Å². The molecule has 0 amide bonds. The van der Waals surface area contributed by atoms with Crippen molar-refractivity contribution in [1.29, 1.82) is 0 Å². The van der Waals surface area contributed by atoms with Crippen molar-refractivity contribution in [3.05, 3.63) is 86.8 Å². The van der Waals surface area contributed by atoms with Crippen LogP contribution < -0.4 is 19.9 Å². The van der Waals surface area contributed by atoms with Crippen molar-refractivity contribution >= 4 is 17.3 Å². The molecule has 1 saturated heterocycles. The van der Waals surface area contributed by atoms with Crippen LogP contribution in [-0.4, -0.2) is 49.4 Å². The smallest absolute Gasteiger partial charge is 0.250 e. The summed E-state index contributed by atoms with van der Waals surface area (Å²) in [6.07, 6.45) is 2.60. The Kier molecular flexibility index (Phi) is 8.60. The molecule has 1 aliphatic rings. The van der Waals surface area contributed by atoms with Crippen molar-refractivity contribution in [3.63, 3.8) is 0 Å². The lowest BCUT2D eigenvalue weighted by Crippen LogP contribution is -2.47. The minimum Gasteiger partial charge on any atom is -0.495 e. The first-order valence-electron chi connectivity index (χ1n) is 12.6. The summed E-state index contributed by atoms with van der Waals surface area (Å²) >= 11 is 6.20. The maximum Gasteiger partial charge on any atom is 0.250 e. The Morgan fingerprint density at radius 1 is 0.972 bits per heavy atom. The first-order valence-corrected chi connectivity index (χ1v) is 13.0. The van der Waals surface area contributed by atoms with Gasteiger partial charge in [-0.3, -0.25) is 9.69 Å². The number of piperazine rings is 1. The monoisotopic (exact) mass is 509 g/mol. The number of aromatic nitrogens is 1. The summed E-state index contributed by atoms with van der Waals surface area (Å²) < 4.78 is 13.2. The van der Waals surface area contributed by atoms with Gasteiger partial charge >= 0.3 is 0 Å². The minimum atomic E-state index is 0.0246. The molecule has 1 fully saturated rings. The summed E-state index contributed by atoms with van der Waals surface area (Å²) in [5.41, 5.74) is 4.98. The number of methoxy groups -OCH3 is 1. The molecule has 4 rings (SSSR count). The number of hydrogen-bond donors (Lipinski definition) is 0. The fraction of sp³-hybridized carbons (Fsp3) is 0.414. The third-order valence-corrected chi connectivity index (χ3v) is 7.60. The largest absolute Gasteiger partial charge is 0.495 e. The molecule has 2 heterocycles. The molecule has 1 aliphatic heterocycles. The number of pyridine rings is 1. The van der Waals surface area contributed by atoms with E-state index in [4.69, 9.17) is 21.1 Å². The SMILES string of the molecule is COc1cc(N2CCN(C(C)c3ccc(OCCCn4ccccc4=O)c(C)c3C)CC2)ccc1Cl. The number of anilines is 1. The first-order chi connectivity index (χ1) is 17.4. The van der Waals surface area contributed by atoms with Crippen molar-refractivity contribution in [3.8, 4) is 11.5 Å². The molecule has 0 saturated carbocycles. The molecule has 6 nitrogen and oxygen atoms in total. The Hall–Kier alpha value is -2.96. The van der Waals surface area contributed by atoms with E-state index >= 15 is 0 Å². The number of hydrogen-bond acceptors (Lipinski definition) is 5. The summed E-state index contributed by atoms with van der Waals surface area (Å²) in [4.78, 5) is 16.8. The highest BCUT2D eigenvalue weighted by molar-refractivity contribution is 6.32. The maximum absolute atomic E-state index is 11.8. The van der Waals surface area contributed by atoms with Crippen LogP contribution in [0.25, 0.3) is 0 Å². The van der Waals surface area contributed by atoms with E-state index in [0.717, 1.165) is 44.0 Å². The molecule has 0 radical (unpaired) electrons. The molecule has 2 aromatic carbocycles. The van der Waals surface area contributed by atoms with Crippen molar-refractivity contribution in [1.82, 2.24) is 9.47 Å². The molecule has 1 atom stereocenters. The van der Waals surface area contributed by atoms with Crippen LogP contribution in [0.15, 0.2) is 59.5 Å². The normalized spacial score (nSPS) is 15.1. The molecule has 7 heteroatoms. The Bertz CT molecular complexity index is 1230. The summed E-state index contributed by atoms with van der Waals surface area (Å²) in [5.74, 6) is 1.64. The lowest BCUT2D eigenvalue weighted by Gasteiger charge is -2.40. The third-order valence-electron chi connectivity index (χ3n) is 7.29. The van der Waals surface area contributed by atoms with Gasteiger partial charge < -0.3 is 18.9 Å². The standard InChI is InChI=1S/C29H36ClN3O3/c1-21-22(2)27(36-19-7-14-33-13-6-5-8-29(33)34)12-10-25(21)23(3)31-15-17-32(18-16-31)24-9-11-26(30)28(20-24)35-4/h5-6,8-13,20,23H,7,14-19H2,1-4H3. The average Bonchev–Trinajstić information content (AvgIpc) is 2.90. The predicted octanol–water partition coefficient (Wildman–Crippen LogP) is 5.48. The van der Waals surface area contributed by atoms with E-state index in [0.29, 0.717) is 30.0 Å². The highest BCUT2D eigenvalue weighted by Crippen LogP contribution is 2.33. The van der Waals surface area contributed by atoms with Gasteiger partial charge in [-0.2, -0.15) is 0 Å². The van der Waals surface area contributed by atoms with E-state index < -0.39 is 0 Å². The Morgan fingerprint density at radius 3 is 2.47 bits per heavy atom. The number of aryl methyl sites for hydroxylation is 1. The van der Waals surface area contributed by atoms with E-state index in [9.17, 15) is 4.79 Å². The van der Waals surface area contributed by atoms with Crippen LogP contribution in [0, 0.1) is 13.8 Å². The number of nitrogens with zero attached hydrogens (tertiary/aromatic N) is 3. The molecule has 1 aromatic heterocycles. The molecule has 0 aliphatic carbocycles. The highest BCUT2D eigenvalue weighted by Gasteiger charge is 2.24. The molecule has 0 bridgehead atoms. The van der Waals surface area contributed by atoms with Gasteiger partial charge in [0.25, 0.3) is 0 Å². The van der Waals surface area contributed by atoms with E-state index in [-0.39, 0.29) is 5.56 Å². The van der Waals surface area contributed by atoms with Crippen LogP contribution in [0.3, 0.4) is 0 Å².